The maximum atomic E-state index is 9.34. The van der Waals surface area contributed by atoms with Crippen LogP contribution in [0.1, 0.15) is 5.56 Å². The Morgan fingerprint density at radius 2 is 1.86 bits per heavy atom. The number of nitrogens with two attached hydrogens (primary N) is 1. The summed E-state index contributed by atoms with van der Waals surface area (Å²) in [5, 5.41) is 14.1. The van der Waals surface area contributed by atoms with Crippen LogP contribution >= 0.6 is 12.2 Å². The molecule has 2 aromatic carbocycles. The Morgan fingerprint density at radius 3 is 2.46 bits per heavy atom. The summed E-state index contributed by atoms with van der Waals surface area (Å²) in [6, 6.07) is 17.2. The predicted octanol–water partition coefficient (Wildman–Crippen LogP) is 3.75. The van der Waals surface area contributed by atoms with Crippen molar-refractivity contribution in [2.45, 2.75) is 0 Å². The smallest absolute Gasteiger partial charge is 0.161 e. The van der Waals surface area contributed by atoms with Crippen molar-refractivity contribution in [1.82, 2.24) is 9.78 Å². The van der Waals surface area contributed by atoms with E-state index in [0.29, 0.717) is 22.8 Å². The summed E-state index contributed by atoms with van der Waals surface area (Å²) in [5.74, 6) is 1.20. The van der Waals surface area contributed by atoms with Crippen LogP contribution in [0.25, 0.3) is 23.0 Å². The van der Waals surface area contributed by atoms with E-state index in [-0.39, 0.29) is 10.6 Å². The van der Waals surface area contributed by atoms with Gasteiger partial charge in [-0.15, -0.1) is 0 Å². The Kier molecular flexibility index (Phi) is 5.72. The molecule has 0 radical (unpaired) electrons. The maximum Gasteiger partial charge on any atom is 0.161 e. The molecule has 0 unspecified atom stereocenters. The van der Waals surface area contributed by atoms with E-state index in [1.54, 1.807) is 25.0 Å². The van der Waals surface area contributed by atoms with Gasteiger partial charge in [0, 0.05) is 17.3 Å². The minimum Gasteiger partial charge on any atom is -0.493 e. The standard InChI is InChI=1S/C21H18N4O2S/c1-26-18-9-8-14(11-19(18)27-2)20-16(10-15(12-22)21(23)28)13-25(24-20)17-6-4-3-5-7-17/h3-11,13H,1-2H3,(H2,23,28)/b15-10-. The van der Waals surface area contributed by atoms with Gasteiger partial charge in [0.15, 0.2) is 11.5 Å². The molecule has 6 nitrogen and oxygen atoms in total. The van der Waals surface area contributed by atoms with Crippen molar-refractivity contribution >= 4 is 23.3 Å². The zero-order chi connectivity index (χ0) is 20.1. The average Bonchev–Trinajstić information content (AvgIpc) is 3.15. The number of nitrogens with zero attached hydrogens (tertiary/aromatic N) is 3. The van der Waals surface area contributed by atoms with Gasteiger partial charge in [-0.1, -0.05) is 30.4 Å². The van der Waals surface area contributed by atoms with Gasteiger partial charge >= 0.3 is 0 Å². The zero-order valence-electron chi connectivity index (χ0n) is 15.4. The van der Waals surface area contributed by atoms with Crippen LogP contribution in [-0.2, 0) is 0 Å². The highest BCUT2D eigenvalue weighted by Crippen LogP contribution is 2.34. The van der Waals surface area contributed by atoms with Gasteiger partial charge in [-0.25, -0.2) is 4.68 Å². The second-order valence-corrected chi connectivity index (χ2v) is 6.26. The fraction of sp³-hybridized carbons (Fsp3) is 0.0952. The second-order valence-electron chi connectivity index (χ2n) is 5.82. The van der Waals surface area contributed by atoms with Crippen LogP contribution in [0, 0.1) is 11.3 Å². The topological polar surface area (TPSA) is 86.1 Å². The number of aromatic nitrogens is 2. The van der Waals surface area contributed by atoms with E-state index in [0.717, 1.165) is 11.3 Å². The van der Waals surface area contributed by atoms with E-state index in [1.807, 2.05) is 60.8 Å². The van der Waals surface area contributed by atoms with Gasteiger partial charge in [-0.05, 0) is 36.4 Å². The molecule has 0 fully saturated rings. The van der Waals surface area contributed by atoms with Crippen molar-refractivity contribution in [2.75, 3.05) is 14.2 Å². The molecule has 0 aliphatic carbocycles. The summed E-state index contributed by atoms with van der Waals surface area (Å²) < 4.78 is 12.5. The van der Waals surface area contributed by atoms with E-state index in [1.165, 1.54) is 0 Å². The first-order chi connectivity index (χ1) is 13.6. The lowest BCUT2D eigenvalue weighted by molar-refractivity contribution is 0.355. The highest BCUT2D eigenvalue weighted by molar-refractivity contribution is 7.80. The van der Waals surface area contributed by atoms with Crippen LogP contribution < -0.4 is 15.2 Å². The number of nitriles is 1. The van der Waals surface area contributed by atoms with E-state index >= 15 is 0 Å². The van der Waals surface area contributed by atoms with Crippen molar-refractivity contribution in [3.8, 4) is 34.5 Å². The quantitative estimate of drug-likeness (QED) is 0.392. The van der Waals surface area contributed by atoms with Crippen LogP contribution in [0.4, 0.5) is 0 Å². The molecule has 3 aromatic rings. The number of ether oxygens (including phenoxy) is 2. The molecule has 2 N–H and O–H groups in total. The number of para-hydroxylation sites is 1. The van der Waals surface area contributed by atoms with E-state index in [9.17, 15) is 5.26 Å². The molecule has 28 heavy (non-hydrogen) atoms. The molecule has 1 aromatic heterocycles. The molecule has 0 atom stereocenters. The summed E-state index contributed by atoms with van der Waals surface area (Å²) in [4.78, 5) is 0.0354. The molecule has 0 amide bonds. The maximum absolute atomic E-state index is 9.34. The summed E-state index contributed by atoms with van der Waals surface area (Å²) in [6.07, 6.45) is 3.47. The van der Waals surface area contributed by atoms with Gasteiger partial charge < -0.3 is 15.2 Å². The summed E-state index contributed by atoms with van der Waals surface area (Å²) >= 11 is 4.97. The fourth-order valence-corrected chi connectivity index (χ4v) is 2.83. The van der Waals surface area contributed by atoms with Gasteiger partial charge in [0.25, 0.3) is 0 Å². The van der Waals surface area contributed by atoms with Gasteiger partial charge in [0.1, 0.15) is 16.8 Å². The second kappa shape index (κ2) is 8.37. The molecular weight excluding hydrogens is 372 g/mol. The molecule has 0 bridgehead atoms. The van der Waals surface area contributed by atoms with Crippen LogP contribution in [0.2, 0.25) is 0 Å². The number of hydrogen-bond donors (Lipinski definition) is 1. The Morgan fingerprint density at radius 1 is 1.14 bits per heavy atom. The molecule has 0 saturated carbocycles. The van der Waals surface area contributed by atoms with Crippen LogP contribution in [-0.4, -0.2) is 29.0 Å². The number of hydrogen-bond acceptors (Lipinski definition) is 5. The molecular formula is C21H18N4O2S. The summed E-state index contributed by atoms with van der Waals surface area (Å²) in [6.45, 7) is 0. The van der Waals surface area contributed by atoms with Crippen molar-refractivity contribution in [1.29, 1.82) is 5.26 Å². The largest absolute Gasteiger partial charge is 0.493 e. The molecule has 0 saturated heterocycles. The van der Waals surface area contributed by atoms with Crippen molar-refractivity contribution in [3.63, 3.8) is 0 Å². The first kappa shape index (κ1) is 19.1. The third-order valence-electron chi connectivity index (χ3n) is 4.11. The van der Waals surface area contributed by atoms with Crippen LogP contribution in [0.5, 0.6) is 11.5 Å². The number of benzene rings is 2. The lowest BCUT2D eigenvalue weighted by atomic mass is 10.1. The zero-order valence-corrected chi connectivity index (χ0v) is 16.2. The monoisotopic (exact) mass is 390 g/mol. The molecule has 140 valence electrons. The number of thiocarbonyl (C=S) groups is 1. The lowest BCUT2D eigenvalue weighted by Gasteiger charge is -2.09. The van der Waals surface area contributed by atoms with E-state index in [2.05, 4.69) is 0 Å². The first-order valence-corrected chi connectivity index (χ1v) is 8.77. The summed E-state index contributed by atoms with van der Waals surface area (Å²) in [7, 11) is 3.16. The predicted molar refractivity (Wildman–Crippen MR) is 112 cm³/mol. The molecule has 0 aliphatic rings. The van der Waals surface area contributed by atoms with Crippen LogP contribution in [0.3, 0.4) is 0 Å². The third kappa shape index (κ3) is 3.87. The third-order valence-corrected chi connectivity index (χ3v) is 4.33. The van der Waals surface area contributed by atoms with Crippen molar-refractivity contribution < 1.29 is 9.47 Å². The minimum absolute atomic E-state index is 0.0354. The van der Waals surface area contributed by atoms with Crippen molar-refractivity contribution in [2.24, 2.45) is 5.73 Å². The molecule has 0 aliphatic heterocycles. The Hall–Kier alpha value is -3.63. The summed E-state index contributed by atoms with van der Waals surface area (Å²) in [5.41, 5.74) is 8.94. The normalized spacial score (nSPS) is 11.0. The first-order valence-electron chi connectivity index (χ1n) is 8.36. The van der Waals surface area contributed by atoms with Crippen LogP contribution in [0.15, 0.2) is 60.3 Å². The van der Waals surface area contributed by atoms with Gasteiger partial charge in [0.2, 0.25) is 0 Å². The van der Waals surface area contributed by atoms with Gasteiger partial charge in [-0.3, -0.25) is 0 Å². The van der Waals surface area contributed by atoms with Gasteiger partial charge in [-0.2, -0.15) is 10.4 Å². The SMILES string of the molecule is COc1ccc(-c2nn(-c3ccccc3)cc2/C=C(/C#N)C(N)=S)cc1OC. The highest BCUT2D eigenvalue weighted by Gasteiger charge is 2.15. The average molecular weight is 390 g/mol. The Labute approximate surface area is 168 Å². The minimum atomic E-state index is 0.0354. The molecule has 3 rings (SSSR count). The van der Waals surface area contributed by atoms with Gasteiger partial charge in [0.05, 0.1) is 25.5 Å². The molecule has 7 heteroatoms. The fourth-order valence-electron chi connectivity index (χ4n) is 2.73. The van der Waals surface area contributed by atoms with Crippen molar-refractivity contribution in [3.05, 3.63) is 65.9 Å². The number of rotatable bonds is 6. The highest BCUT2D eigenvalue weighted by atomic mass is 32.1. The molecule has 1 heterocycles. The Bertz CT molecular complexity index is 1080. The lowest BCUT2D eigenvalue weighted by Crippen LogP contribution is -2.09. The molecule has 0 spiro atoms. The van der Waals surface area contributed by atoms with E-state index in [4.69, 9.17) is 32.5 Å². The van der Waals surface area contributed by atoms with E-state index < -0.39 is 0 Å². The Balaban J connectivity index is 2.20. The number of methoxy groups -OCH3 is 2.